The van der Waals surface area contributed by atoms with Crippen molar-refractivity contribution in [2.45, 2.75) is 6.42 Å². The van der Waals surface area contributed by atoms with Crippen molar-refractivity contribution < 1.29 is 9.18 Å². The lowest BCUT2D eigenvalue weighted by atomic mass is 10.0. The first-order chi connectivity index (χ1) is 11.0. The minimum atomic E-state index is -0.630. The summed E-state index contributed by atoms with van der Waals surface area (Å²) in [6.07, 6.45) is 0.615. The highest BCUT2D eigenvalue weighted by Gasteiger charge is 2.17. The molecule has 6 heteroatoms. The fourth-order valence-corrected chi connectivity index (χ4v) is 2.48. The van der Waals surface area contributed by atoms with E-state index in [2.05, 4.69) is 10.2 Å². The van der Waals surface area contributed by atoms with E-state index in [0.717, 1.165) is 16.7 Å². The second-order valence-corrected chi connectivity index (χ2v) is 5.23. The highest BCUT2D eigenvalue weighted by molar-refractivity contribution is 6.03. The van der Waals surface area contributed by atoms with Gasteiger partial charge in [-0.2, -0.15) is 5.10 Å². The quantitative estimate of drug-likeness (QED) is 0.690. The fraction of sp³-hybridized carbons (Fsp3) is 0.0588. The summed E-state index contributed by atoms with van der Waals surface area (Å²) >= 11 is 0. The van der Waals surface area contributed by atoms with Crippen LogP contribution in [-0.2, 0) is 6.42 Å². The Balaban J connectivity index is 1.87. The average molecular weight is 310 g/mol. The van der Waals surface area contributed by atoms with Gasteiger partial charge in [0.1, 0.15) is 22.9 Å². The topological polar surface area (TPSA) is 97.8 Å². The third-order valence-electron chi connectivity index (χ3n) is 3.57. The SMILES string of the molecule is NC(=O)c1c(-c2ccc(Cc3cccc(F)c3)cc2)n[nH]c1N. The van der Waals surface area contributed by atoms with Crippen molar-refractivity contribution in [3.8, 4) is 11.3 Å². The number of halogens is 1. The van der Waals surface area contributed by atoms with Crippen molar-refractivity contribution >= 4 is 11.7 Å². The molecule has 23 heavy (non-hydrogen) atoms. The molecule has 5 N–H and O–H groups in total. The Bertz CT molecular complexity index is 855. The third kappa shape index (κ3) is 3.06. The van der Waals surface area contributed by atoms with Gasteiger partial charge in [-0.25, -0.2) is 4.39 Å². The first-order valence-corrected chi connectivity index (χ1v) is 7.02. The largest absolute Gasteiger partial charge is 0.383 e. The van der Waals surface area contributed by atoms with Crippen LogP contribution in [0.4, 0.5) is 10.2 Å². The van der Waals surface area contributed by atoms with E-state index in [9.17, 15) is 9.18 Å². The van der Waals surface area contributed by atoms with E-state index < -0.39 is 5.91 Å². The van der Waals surface area contributed by atoms with Crippen LogP contribution in [0.15, 0.2) is 48.5 Å². The van der Waals surface area contributed by atoms with E-state index >= 15 is 0 Å². The predicted octanol–water partition coefficient (Wildman–Crippen LogP) is 2.49. The summed E-state index contributed by atoms with van der Waals surface area (Å²) in [5.74, 6) is -0.733. The Labute approximate surface area is 132 Å². The number of primary amides is 1. The Morgan fingerprint density at radius 3 is 2.52 bits per heavy atom. The van der Waals surface area contributed by atoms with Gasteiger partial charge in [0.05, 0.1) is 0 Å². The Morgan fingerprint density at radius 2 is 1.87 bits per heavy atom. The van der Waals surface area contributed by atoms with Crippen LogP contribution in [0.3, 0.4) is 0 Å². The number of carbonyl (C=O) groups is 1. The molecule has 0 saturated carbocycles. The van der Waals surface area contributed by atoms with Crippen molar-refractivity contribution in [1.29, 1.82) is 0 Å². The summed E-state index contributed by atoms with van der Waals surface area (Å²) in [4.78, 5) is 11.5. The standard InChI is InChI=1S/C17H15FN4O/c18-13-3-1-2-11(9-13)8-10-4-6-12(7-5-10)15-14(17(20)23)16(19)22-21-15/h1-7,9H,8H2,(H2,20,23)(H3,19,21,22). The highest BCUT2D eigenvalue weighted by atomic mass is 19.1. The van der Waals surface area contributed by atoms with E-state index in [1.165, 1.54) is 12.1 Å². The molecular weight excluding hydrogens is 295 g/mol. The molecule has 0 spiro atoms. The highest BCUT2D eigenvalue weighted by Crippen LogP contribution is 2.25. The Morgan fingerprint density at radius 1 is 1.13 bits per heavy atom. The number of nitrogen functional groups attached to an aromatic ring is 1. The molecule has 1 amide bonds. The zero-order chi connectivity index (χ0) is 16.4. The van der Waals surface area contributed by atoms with Gasteiger partial charge in [-0.05, 0) is 29.7 Å². The van der Waals surface area contributed by atoms with Gasteiger partial charge in [0.15, 0.2) is 0 Å². The molecular formula is C17H15FN4O. The predicted molar refractivity (Wildman–Crippen MR) is 86.2 cm³/mol. The molecule has 0 unspecified atom stereocenters. The van der Waals surface area contributed by atoms with Gasteiger partial charge in [-0.15, -0.1) is 0 Å². The van der Waals surface area contributed by atoms with Crippen LogP contribution in [0.2, 0.25) is 0 Å². The molecule has 0 aliphatic carbocycles. The molecule has 0 aliphatic rings. The molecule has 0 atom stereocenters. The number of H-pyrrole nitrogens is 1. The van der Waals surface area contributed by atoms with Crippen LogP contribution in [0.25, 0.3) is 11.3 Å². The molecule has 1 aromatic heterocycles. The van der Waals surface area contributed by atoms with Gasteiger partial charge in [-0.3, -0.25) is 9.89 Å². The van der Waals surface area contributed by atoms with E-state index in [4.69, 9.17) is 11.5 Å². The van der Waals surface area contributed by atoms with Crippen LogP contribution in [0, 0.1) is 5.82 Å². The second-order valence-electron chi connectivity index (χ2n) is 5.23. The molecule has 0 bridgehead atoms. The normalized spacial score (nSPS) is 10.7. The lowest BCUT2D eigenvalue weighted by Gasteiger charge is -2.04. The summed E-state index contributed by atoms with van der Waals surface area (Å²) in [6.45, 7) is 0. The molecule has 5 nitrogen and oxygen atoms in total. The van der Waals surface area contributed by atoms with E-state index in [1.807, 2.05) is 30.3 Å². The number of aromatic nitrogens is 2. The summed E-state index contributed by atoms with van der Waals surface area (Å²) in [5.41, 5.74) is 14.2. The molecule has 1 heterocycles. The maximum absolute atomic E-state index is 13.2. The first kappa shape index (κ1) is 14.8. The number of hydrogen-bond acceptors (Lipinski definition) is 3. The Hall–Kier alpha value is -3.15. The van der Waals surface area contributed by atoms with Crippen LogP contribution in [0.1, 0.15) is 21.5 Å². The van der Waals surface area contributed by atoms with E-state index in [1.54, 1.807) is 6.07 Å². The Kier molecular flexibility index (Phi) is 3.80. The molecule has 0 saturated heterocycles. The molecule has 0 radical (unpaired) electrons. The van der Waals surface area contributed by atoms with Crippen LogP contribution < -0.4 is 11.5 Å². The van der Waals surface area contributed by atoms with Crippen molar-refractivity contribution in [3.63, 3.8) is 0 Å². The molecule has 0 fully saturated rings. The van der Waals surface area contributed by atoms with Gasteiger partial charge in [0.25, 0.3) is 5.91 Å². The van der Waals surface area contributed by atoms with Gasteiger partial charge in [-0.1, -0.05) is 36.4 Å². The number of aromatic amines is 1. The maximum atomic E-state index is 13.2. The average Bonchev–Trinajstić information content (AvgIpc) is 2.90. The van der Waals surface area contributed by atoms with Gasteiger partial charge in [0, 0.05) is 5.56 Å². The molecule has 116 valence electrons. The lowest BCUT2D eigenvalue weighted by molar-refractivity contribution is 0.100. The second kappa shape index (κ2) is 5.92. The number of carbonyl (C=O) groups excluding carboxylic acids is 1. The van der Waals surface area contributed by atoms with Gasteiger partial charge >= 0.3 is 0 Å². The number of hydrogen-bond donors (Lipinski definition) is 3. The molecule has 3 rings (SSSR count). The zero-order valence-electron chi connectivity index (χ0n) is 12.2. The minimum Gasteiger partial charge on any atom is -0.383 e. The van der Waals surface area contributed by atoms with E-state index in [0.29, 0.717) is 12.1 Å². The summed E-state index contributed by atoms with van der Waals surface area (Å²) < 4.78 is 13.2. The smallest absolute Gasteiger partial charge is 0.254 e. The number of nitrogens with one attached hydrogen (secondary N) is 1. The summed E-state index contributed by atoms with van der Waals surface area (Å²) in [7, 11) is 0. The first-order valence-electron chi connectivity index (χ1n) is 7.02. The van der Waals surface area contributed by atoms with Crippen molar-refractivity contribution in [2.24, 2.45) is 5.73 Å². The van der Waals surface area contributed by atoms with Crippen molar-refractivity contribution in [3.05, 3.63) is 71.0 Å². The number of rotatable bonds is 4. The third-order valence-corrected chi connectivity index (χ3v) is 3.57. The summed E-state index contributed by atoms with van der Waals surface area (Å²) in [6, 6.07) is 13.9. The molecule has 0 aliphatic heterocycles. The number of nitrogens with zero attached hydrogens (tertiary/aromatic N) is 1. The van der Waals surface area contributed by atoms with Gasteiger partial charge in [0.2, 0.25) is 0 Å². The number of amides is 1. The van der Waals surface area contributed by atoms with Crippen LogP contribution in [-0.4, -0.2) is 16.1 Å². The molecule has 2 aromatic carbocycles. The van der Waals surface area contributed by atoms with Crippen molar-refractivity contribution in [1.82, 2.24) is 10.2 Å². The molecule has 3 aromatic rings. The van der Waals surface area contributed by atoms with Gasteiger partial charge < -0.3 is 11.5 Å². The number of nitrogens with two attached hydrogens (primary N) is 2. The monoisotopic (exact) mass is 310 g/mol. The number of benzene rings is 2. The summed E-state index contributed by atoms with van der Waals surface area (Å²) in [5, 5.41) is 6.60. The van der Waals surface area contributed by atoms with E-state index in [-0.39, 0.29) is 17.2 Å². The zero-order valence-corrected chi connectivity index (χ0v) is 12.2. The number of anilines is 1. The fourth-order valence-electron chi connectivity index (χ4n) is 2.48. The maximum Gasteiger partial charge on any atom is 0.254 e. The van der Waals surface area contributed by atoms with Crippen LogP contribution in [0.5, 0.6) is 0 Å². The van der Waals surface area contributed by atoms with Crippen LogP contribution >= 0.6 is 0 Å². The van der Waals surface area contributed by atoms with Crippen molar-refractivity contribution in [2.75, 3.05) is 5.73 Å². The minimum absolute atomic E-state index is 0.149. The lowest BCUT2D eigenvalue weighted by Crippen LogP contribution is -2.13.